The number of methoxy groups -OCH3 is 1. The highest BCUT2D eigenvalue weighted by Gasteiger charge is 2.27. The van der Waals surface area contributed by atoms with E-state index in [-0.39, 0.29) is 12.1 Å². The van der Waals surface area contributed by atoms with Crippen molar-refractivity contribution in [2.24, 2.45) is 0 Å². The molecule has 0 spiro atoms. The van der Waals surface area contributed by atoms with Gasteiger partial charge in [0.25, 0.3) is 0 Å². The molecule has 0 saturated heterocycles. The fourth-order valence-corrected chi connectivity index (χ4v) is 4.36. The molecular formula is C27H29N5O4. The topological polar surface area (TPSA) is 114 Å². The third-order valence-corrected chi connectivity index (χ3v) is 6.23. The lowest BCUT2D eigenvalue weighted by molar-refractivity contribution is 0.130. The molecule has 0 bridgehead atoms. The highest BCUT2D eigenvalue weighted by atomic mass is 16.6. The van der Waals surface area contributed by atoms with Gasteiger partial charge in [-0.25, -0.2) is 9.78 Å². The van der Waals surface area contributed by atoms with Crippen molar-refractivity contribution in [1.29, 1.82) is 0 Å². The van der Waals surface area contributed by atoms with Crippen LogP contribution >= 0.6 is 0 Å². The smallest absolute Gasteiger partial charge is 0.411 e. The molecule has 9 nitrogen and oxygen atoms in total. The largest absolute Gasteiger partial charge is 0.481 e. The van der Waals surface area contributed by atoms with Crippen molar-refractivity contribution in [3.8, 4) is 28.9 Å². The first-order valence-corrected chi connectivity index (χ1v) is 12.0. The molecule has 1 aliphatic rings. The summed E-state index contributed by atoms with van der Waals surface area (Å²) in [6.07, 6.45) is 4.27. The van der Waals surface area contributed by atoms with Crippen molar-refractivity contribution >= 4 is 28.4 Å². The summed E-state index contributed by atoms with van der Waals surface area (Å²) in [6, 6.07) is 15.7. The van der Waals surface area contributed by atoms with Gasteiger partial charge in [0.2, 0.25) is 5.88 Å². The van der Waals surface area contributed by atoms with Gasteiger partial charge in [-0.2, -0.15) is 4.98 Å². The average molecular weight is 488 g/mol. The number of nitrogen functional groups attached to an aromatic ring is 1. The fourth-order valence-electron chi connectivity index (χ4n) is 4.36. The second-order valence-electron chi connectivity index (χ2n) is 9.04. The molecular weight excluding hydrogens is 458 g/mol. The second-order valence-corrected chi connectivity index (χ2v) is 9.04. The molecule has 1 saturated carbocycles. The van der Waals surface area contributed by atoms with Crippen LogP contribution < -0.4 is 20.5 Å². The van der Waals surface area contributed by atoms with E-state index < -0.39 is 6.09 Å². The maximum Gasteiger partial charge on any atom is 0.411 e. The first kappa shape index (κ1) is 23.5. The summed E-state index contributed by atoms with van der Waals surface area (Å²) < 4.78 is 18.6. The lowest BCUT2D eigenvalue weighted by Gasteiger charge is -2.30. The van der Waals surface area contributed by atoms with Crippen LogP contribution in [0.15, 0.2) is 54.7 Å². The summed E-state index contributed by atoms with van der Waals surface area (Å²) in [7, 11) is 1.55. The molecule has 0 unspecified atom stereocenters. The number of carbonyl (C=O) groups is 1. The number of benzene rings is 2. The Labute approximate surface area is 209 Å². The molecule has 0 atom stereocenters. The molecule has 1 fully saturated rings. The number of carbonyl (C=O) groups excluding carboxylic acids is 1. The van der Waals surface area contributed by atoms with Crippen LogP contribution in [0.3, 0.4) is 0 Å². The van der Waals surface area contributed by atoms with E-state index in [0.717, 1.165) is 35.0 Å². The van der Waals surface area contributed by atoms with E-state index in [9.17, 15) is 4.79 Å². The van der Waals surface area contributed by atoms with Crippen LogP contribution in [0.1, 0.15) is 39.2 Å². The summed E-state index contributed by atoms with van der Waals surface area (Å²) in [4.78, 5) is 20.4. The summed E-state index contributed by atoms with van der Waals surface area (Å²) in [5.74, 6) is 1.05. The molecule has 2 aromatic heterocycles. The predicted molar refractivity (Wildman–Crippen MR) is 139 cm³/mol. The van der Waals surface area contributed by atoms with Gasteiger partial charge in [-0.3, -0.25) is 5.32 Å². The Bertz CT molecular complexity index is 1390. The number of aromatic nitrogens is 3. The number of nitrogens with one attached hydrogen (secondary N) is 1. The van der Waals surface area contributed by atoms with E-state index in [2.05, 4.69) is 19.9 Å². The summed E-state index contributed by atoms with van der Waals surface area (Å²) >= 11 is 0. The van der Waals surface area contributed by atoms with Crippen molar-refractivity contribution in [1.82, 2.24) is 14.5 Å². The standard InChI is InChI=1S/C27H29N5O4/c1-16(2)35-27(33)30-18-9-7-17(8-10-18)25-24(28)21-12-11-20(15-22(21)32(25)19-5-4-6-19)36-26-29-14-13-23(31-26)34-3/h7-16,19H,4-6,28H2,1-3H3,(H,30,33). The van der Waals surface area contributed by atoms with Gasteiger partial charge in [-0.05, 0) is 57.4 Å². The SMILES string of the molecule is COc1ccnc(Oc2ccc3c(N)c(-c4ccc(NC(=O)OC(C)C)cc4)n(C4CCC4)c3c2)n1. The fraction of sp³-hybridized carbons (Fsp3) is 0.296. The minimum absolute atomic E-state index is 0.188. The number of nitrogens with zero attached hydrogens (tertiary/aromatic N) is 3. The van der Waals surface area contributed by atoms with Gasteiger partial charge in [0.15, 0.2) is 0 Å². The summed E-state index contributed by atoms with van der Waals surface area (Å²) in [5.41, 5.74) is 11.0. The maximum absolute atomic E-state index is 12.0. The van der Waals surface area contributed by atoms with Crippen LogP contribution in [0.25, 0.3) is 22.2 Å². The van der Waals surface area contributed by atoms with Crippen molar-refractivity contribution in [2.45, 2.75) is 45.3 Å². The van der Waals surface area contributed by atoms with Gasteiger partial charge in [-0.15, -0.1) is 0 Å². The summed E-state index contributed by atoms with van der Waals surface area (Å²) in [5, 5.41) is 3.71. The lowest BCUT2D eigenvalue weighted by atomic mass is 9.92. The summed E-state index contributed by atoms with van der Waals surface area (Å²) in [6.45, 7) is 3.62. The number of hydrogen-bond donors (Lipinski definition) is 2. The van der Waals surface area contributed by atoms with Gasteiger partial charge in [0.1, 0.15) is 5.75 Å². The molecule has 1 aliphatic carbocycles. The van der Waals surface area contributed by atoms with Gasteiger partial charge in [0, 0.05) is 41.0 Å². The minimum Gasteiger partial charge on any atom is -0.481 e. The van der Waals surface area contributed by atoms with Gasteiger partial charge < -0.3 is 24.5 Å². The van der Waals surface area contributed by atoms with Crippen molar-refractivity contribution < 1.29 is 19.0 Å². The van der Waals surface area contributed by atoms with Crippen LogP contribution in [-0.2, 0) is 4.74 Å². The molecule has 2 aromatic carbocycles. The second kappa shape index (κ2) is 9.77. The zero-order valence-electron chi connectivity index (χ0n) is 20.5. The van der Waals surface area contributed by atoms with E-state index in [1.54, 1.807) is 19.4 Å². The van der Waals surface area contributed by atoms with Crippen molar-refractivity contribution in [3.05, 3.63) is 54.7 Å². The molecule has 0 radical (unpaired) electrons. The molecule has 0 aliphatic heterocycles. The van der Waals surface area contributed by atoms with Crippen LogP contribution in [0.5, 0.6) is 17.6 Å². The van der Waals surface area contributed by atoms with Crippen LogP contribution in [0.4, 0.5) is 16.2 Å². The van der Waals surface area contributed by atoms with E-state index >= 15 is 0 Å². The average Bonchev–Trinajstić information content (AvgIpc) is 3.09. The predicted octanol–water partition coefficient (Wildman–Crippen LogP) is 6.16. The molecule has 186 valence electrons. The number of hydrogen-bond acceptors (Lipinski definition) is 7. The van der Waals surface area contributed by atoms with Crippen LogP contribution in [0, 0.1) is 0 Å². The third-order valence-electron chi connectivity index (χ3n) is 6.23. The number of amides is 1. The zero-order valence-corrected chi connectivity index (χ0v) is 20.5. The van der Waals surface area contributed by atoms with Crippen LogP contribution in [-0.4, -0.2) is 33.8 Å². The normalized spacial score (nSPS) is 13.4. The lowest BCUT2D eigenvalue weighted by Crippen LogP contribution is -2.18. The molecule has 5 rings (SSSR count). The monoisotopic (exact) mass is 487 g/mol. The number of ether oxygens (including phenoxy) is 3. The zero-order chi connectivity index (χ0) is 25.2. The molecule has 2 heterocycles. The third kappa shape index (κ3) is 4.64. The Morgan fingerprint density at radius 2 is 1.92 bits per heavy atom. The quantitative estimate of drug-likeness (QED) is 0.321. The number of anilines is 2. The first-order chi connectivity index (χ1) is 17.4. The van der Waals surface area contributed by atoms with Gasteiger partial charge in [0.05, 0.1) is 30.1 Å². The van der Waals surface area contributed by atoms with Gasteiger partial charge >= 0.3 is 12.1 Å². The highest BCUT2D eigenvalue weighted by molar-refractivity contribution is 6.01. The Kier molecular flexibility index (Phi) is 6.37. The van der Waals surface area contributed by atoms with E-state index in [1.165, 1.54) is 6.42 Å². The van der Waals surface area contributed by atoms with Gasteiger partial charge in [-0.1, -0.05) is 12.1 Å². The van der Waals surface area contributed by atoms with Crippen molar-refractivity contribution in [2.75, 3.05) is 18.2 Å². The number of fused-ring (bicyclic) bond motifs is 1. The Balaban J connectivity index is 1.50. The highest BCUT2D eigenvalue weighted by Crippen LogP contribution is 2.45. The van der Waals surface area contributed by atoms with E-state index in [0.29, 0.717) is 29.0 Å². The molecule has 4 aromatic rings. The molecule has 9 heteroatoms. The van der Waals surface area contributed by atoms with Crippen molar-refractivity contribution in [3.63, 3.8) is 0 Å². The first-order valence-electron chi connectivity index (χ1n) is 12.0. The van der Waals surface area contributed by atoms with E-state index in [4.69, 9.17) is 19.9 Å². The molecule has 36 heavy (non-hydrogen) atoms. The molecule has 1 amide bonds. The number of nitrogens with two attached hydrogens (primary N) is 1. The number of rotatable bonds is 7. The molecule has 3 N–H and O–H groups in total. The van der Waals surface area contributed by atoms with E-state index in [1.807, 2.05) is 56.3 Å². The minimum atomic E-state index is -0.478. The Morgan fingerprint density at radius 1 is 1.14 bits per heavy atom. The maximum atomic E-state index is 12.0. The Hall–Kier alpha value is -4.27. The van der Waals surface area contributed by atoms with Crippen LogP contribution in [0.2, 0.25) is 0 Å². The Morgan fingerprint density at radius 3 is 2.58 bits per heavy atom.